The molecule has 0 bridgehead atoms. The number of hydrogen-bond acceptors (Lipinski definition) is 4. The van der Waals surface area contributed by atoms with Gasteiger partial charge in [-0.2, -0.15) is 0 Å². The molecule has 1 aromatic rings. The zero-order chi connectivity index (χ0) is 22.3. The molecule has 2 unspecified atom stereocenters. The Kier molecular flexibility index (Phi) is 8.08. The molecule has 0 aliphatic carbocycles. The smallest absolute Gasteiger partial charge is 0.407 e. The number of hydrogen-bond donors (Lipinski definition) is 2. The van der Waals surface area contributed by atoms with E-state index in [1.165, 1.54) is 4.90 Å². The molecule has 1 fully saturated rings. The molecule has 1 aliphatic heterocycles. The Morgan fingerprint density at radius 1 is 1.27 bits per heavy atom. The van der Waals surface area contributed by atoms with Crippen molar-refractivity contribution in [2.75, 3.05) is 33.7 Å². The number of benzene rings is 1. The summed E-state index contributed by atoms with van der Waals surface area (Å²) in [5.74, 6) is 0.597. The Morgan fingerprint density at radius 2 is 1.93 bits per heavy atom. The average Bonchev–Trinajstić information content (AvgIpc) is 3.11. The van der Waals surface area contributed by atoms with Crippen LogP contribution in [0.25, 0.3) is 0 Å². The number of ether oxygens (including phenoxy) is 1. The highest BCUT2D eigenvalue weighted by Crippen LogP contribution is 2.15. The highest BCUT2D eigenvalue weighted by atomic mass is 16.6. The van der Waals surface area contributed by atoms with Gasteiger partial charge >= 0.3 is 6.09 Å². The summed E-state index contributed by atoms with van der Waals surface area (Å²) in [4.78, 5) is 32.3. The summed E-state index contributed by atoms with van der Waals surface area (Å²) in [7, 11) is 3.43. The third-order valence-corrected chi connectivity index (χ3v) is 4.72. The fourth-order valence-corrected chi connectivity index (χ4v) is 3.08. The summed E-state index contributed by atoms with van der Waals surface area (Å²) in [5.41, 5.74) is 0.598. The number of guanidine groups is 1. The van der Waals surface area contributed by atoms with E-state index in [1.54, 1.807) is 14.1 Å². The first-order chi connectivity index (χ1) is 14.0. The molecule has 0 saturated carbocycles. The van der Waals surface area contributed by atoms with Crippen LogP contribution in [0.3, 0.4) is 0 Å². The first kappa shape index (κ1) is 23.5. The van der Waals surface area contributed by atoms with Crippen molar-refractivity contribution >= 4 is 18.0 Å². The number of likely N-dealkylation sites (tertiary alicyclic amines) is 1. The minimum absolute atomic E-state index is 0.0253. The van der Waals surface area contributed by atoms with E-state index < -0.39 is 11.7 Å². The monoisotopic (exact) mass is 417 g/mol. The Morgan fingerprint density at radius 3 is 2.53 bits per heavy atom. The third kappa shape index (κ3) is 7.57. The van der Waals surface area contributed by atoms with Crippen LogP contribution in [0.15, 0.2) is 35.3 Å². The number of aliphatic imine (C=N–C) groups is 1. The lowest BCUT2D eigenvalue weighted by Gasteiger charge is -2.26. The van der Waals surface area contributed by atoms with Crippen molar-refractivity contribution in [1.82, 2.24) is 20.4 Å². The number of rotatable bonds is 5. The Labute approximate surface area is 179 Å². The molecule has 8 heteroatoms. The van der Waals surface area contributed by atoms with Crippen LogP contribution in [0.5, 0.6) is 0 Å². The van der Waals surface area contributed by atoms with E-state index in [1.807, 2.05) is 39.0 Å². The molecule has 2 rings (SSSR count). The van der Waals surface area contributed by atoms with E-state index in [0.29, 0.717) is 12.5 Å². The summed E-state index contributed by atoms with van der Waals surface area (Å²) < 4.78 is 5.36. The molecular weight excluding hydrogens is 382 g/mol. The van der Waals surface area contributed by atoms with Crippen LogP contribution in [-0.2, 0) is 9.53 Å². The lowest BCUT2D eigenvalue weighted by molar-refractivity contribution is -0.127. The minimum atomic E-state index is -0.534. The summed E-state index contributed by atoms with van der Waals surface area (Å²) in [6.45, 7) is 8.98. The van der Waals surface area contributed by atoms with E-state index in [-0.39, 0.29) is 24.5 Å². The van der Waals surface area contributed by atoms with Crippen molar-refractivity contribution in [3.05, 3.63) is 35.9 Å². The number of amides is 2. The van der Waals surface area contributed by atoms with Crippen LogP contribution in [0.2, 0.25) is 0 Å². The van der Waals surface area contributed by atoms with E-state index in [2.05, 4.69) is 39.6 Å². The van der Waals surface area contributed by atoms with E-state index in [0.717, 1.165) is 18.5 Å². The summed E-state index contributed by atoms with van der Waals surface area (Å²) in [5, 5.41) is 6.37. The second-order valence-electron chi connectivity index (χ2n) is 8.78. The SMILES string of the molecule is CC(NC(=NCC(=O)N(C)C)N1CCC(NC(=O)OC(C)(C)C)C1)c1ccccc1. The second-order valence-corrected chi connectivity index (χ2v) is 8.78. The fourth-order valence-electron chi connectivity index (χ4n) is 3.08. The van der Waals surface area contributed by atoms with Crippen LogP contribution in [0.4, 0.5) is 4.79 Å². The van der Waals surface area contributed by atoms with Gasteiger partial charge < -0.3 is 25.2 Å². The standard InChI is InChI=1S/C22H35N5O3/c1-16(17-10-8-7-9-11-17)24-20(23-14-19(28)26(5)6)27-13-12-18(15-27)25-21(29)30-22(2,3)4/h7-11,16,18H,12-15H2,1-6H3,(H,23,24)(H,25,29). The maximum atomic E-state index is 12.1. The third-order valence-electron chi connectivity index (χ3n) is 4.72. The highest BCUT2D eigenvalue weighted by Gasteiger charge is 2.28. The van der Waals surface area contributed by atoms with Crippen molar-refractivity contribution in [2.24, 2.45) is 4.99 Å². The van der Waals surface area contributed by atoms with Crippen LogP contribution in [0, 0.1) is 0 Å². The zero-order valence-electron chi connectivity index (χ0n) is 18.9. The van der Waals surface area contributed by atoms with Gasteiger partial charge in [0.15, 0.2) is 5.96 Å². The normalized spacial score (nSPS) is 18.0. The minimum Gasteiger partial charge on any atom is -0.444 e. The molecular formula is C22H35N5O3. The quantitative estimate of drug-likeness (QED) is 0.567. The van der Waals surface area contributed by atoms with E-state index in [9.17, 15) is 9.59 Å². The average molecular weight is 418 g/mol. The molecule has 0 radical (unpaired) electrons. The van der Waals surface area contributed by atoms with Gasteiger partial charge in [-0.25, -0.2) is 9.79 Å². The van der Waals surface area contributed by atoms with Gasteiger partial charge in [0.25, 0.3) is 0 Å². The summed E-state index contributed by atoms with van der Waals surface area (Å²) >= 11 is 0. The second kappa shape index (κ2) is 10.3. The van der Waals surface area contributed by atoms with Crippen LogP contribution in [0.1, 0.15) is 45.7 Å². The lowest BCUT2D eigenvalue weighted by Crippen LogP contribution is -2.45. The molecule has 166 valence electrons. The maximum absolute atomic E-state index is 12.1. The molecule has 2 atom stereocenters. The van der Waals surface area contributed by atoms with Gasteiger partial charge in [-0.1, -0.05) is 30.3 Å². The van der Waals surface area contributed by atoms with Gasteiger partial charge in [0.2, 0.25) is 5.91 Å². The van der Waals surface area contributed by atoms with Crippen LogP contribution < -0.4 is 10.6 Å². The van der Waals surface area contributed by atoms with Crippen molar-refractivity contribution < 1.29 is 14.3 Å². The van der Waals surface area contributed by atoms with E-state index in [4.69, 9.17) is 4.74 Å². The van der Waals surface area contributed by atoms with Gasteiger partial charge in [-0.05, 0) is 39.7 Å². The number of carbonyl (C=O) groups is 2. The summed E-state index contributed by atoms with van der Waals surface area (Å²) in [6.07, 6.45) is 0.364. The number of nitrogens with zero attached hydrogens (tertiary/aromatic N) is 3. The number of carbonyl (C=O) groups excluding carboxylic acids is 2. The number of likely N-dealkylation sites (N-methyl/N-ethyl adjacent to an activating group) is 1. The van der Waals surface area contributed by atoms with Gasteiger partial charge in [-0.3, -0.25) is 4.79 Å². The van der Waals surface area contributed by atoms with Gasteiger partial charge in [0.1, 0.15) is 12.1 Å². The van der Waals surface area contributed by atoms with Crippen molar-refractivity contribution in [1.29, 1.82) is 0 Å². The Bertz CT molecular complexity index is 743. The predicted molar refractivity (Wildman–Crippen MR) is 118 cm³/mol. The van der Waals surface area contributed by atoms with Gasteiger partial charge in [0.05, 0.1) is 12.1 Å². The van der Waals surface area contributed by atoms with Crippen LogP contribution >= 0.6 is 0 Å². The highest BCUT2D eigenvalue weighted by molar-refractivity contribution is 5.85. The molecule has 0 spiro atoms. The van der Waals surface area contributed by atoms with E-state index >= 15 is 0 Å². The maximum Gasteiger partial charge on any atom is 0.407 e. The molecule has 1 aromatic carbocycles. The van der Waals surface area contributed by atoms with Crippen LogP contribution in [-0.4, -0.2) is 73.1 Å². The fraction of sp³-hybridized carbons (Fsp3) is 0.591. The van der Waals surface area contributed by atoms with Crippen molar-refractivity contribution in [3.63, 3.8) is 0 Å². The first-order valence-corrected chi connectivity index (χ1v) is 10.4. The predicted octanol–water partition coefficient (Wildman–Crippen LogP) is 2.38. The topological polar surface area (TPSA) is 86.3 Å². The van der Waals surface area contributed by atoms with Gasteiger partial charge in [-0.15, -0.1) is 0 Å². The molecule has 1 saturated heterocycles. The zero-order valence-corrected chi connectivity index (χ0v) is 18.9. The Balaban J connectivity index is 2.06. The number of alkyl carbamates (subject to hydrolysis) is 1. The number of nitrogens with one attached hydrogen (secondary N) is 2. The molecule has 1 heterocycles. The van der Waals surface area contributed by atoms with Gasteiger partial charge in [0, 0.05) is 27.2 Å². The Hall–Kier alpha value is -2.77. The largest absolute Gasteiger partial charge is 0.444 e. The first-order valence-electron chi connectivity index (χ1n) is 10.4. The lowest BCUT2D eigenvalue weighted by atomic mass is 10.1. The molecule has 2 N–H and O–H groups in total. The molecule has 1 aliphatic rings. The molecule has 8 nitrogen and oxygen atoms in total. The molecule has 30 heavy (non-hydrogen) atoms. The van der Waals surface area contributed by atoms with Crippen molar-refractivity contribution in [3.8, 4) is 0 Å². The molecule has 0 aromatic heterocycles. The van der Waals surface area contributed by atoms with Crippen molar-refractivity contribution in [2.45, 2.75) is 51.8 Å². The summed E-state index contributed by atoms with van der Waals surface area (Å²) in [6, 6.07) is 10.1. The molecule has 2 amide bonds.